The summed E-state index contributed by atoms with van der Waals surface area (Å²) in [5.41, 5.74) is 6.67. The van der Waals surface area contributed by atoms with Crippen molar-refractivity contribution >= 4 is 11.6 Å². The van der Waals surface area contributed by atoms with Crippen molar-refractivity contribution in [1.82, 2.24) is 10.1 Å². The van der Waals surface area contributed by atoms with Crippen LogP contribution in [0.3, 0.4) is 0 Å². The number of hydrogen-bond acceptors (Lipinski definition) is 5. The van der Waals surface area contributed by atoms with Gasteiger partial charge in [0.05, 0.1) is 16.7 Å². The number of carbonyl (C=O) groups is 1. The van der Waals surface area contributed by atoms with Gasteiger partial charge in [0.1, 0.15) is 0 Å². The molecule has 1 aromatic heterocycles. The standard InChI is InChI=1S/C14H16N4O2/c1-9-16-12(20-18-9)10-4-2-3-5-11(10)17-13(19)14(8-15)6-7-14/h2-5H,6-8,15H2,1H3,(H,17,19). The van der Waals surface area contributed by atoms with Crippen molar-refractivity contribution in [3.63, 3.8) is 0 Å². The minimum absolute atomic E-state index is 0.0383. The fraction of sp³-hybridized carbons (Fsp3) is 0.357. The zero-order valence-electron chi connectivity index (χ0n) is 11.2. The quantitative estimate of drug-likeness (QED) is 0.883. The number of nitrogens with two attached hydrogens (primary N) is 1. The summed E-state index contributed by atoms with van der Waals surface area (Å²) in [7, 11) is 0. The summed E-state index contributed by atoms with van der Waals surface area (Å²) in [5.74, 6) is 0.918. The molecule has 0 bridgehead atoms. The van der Waals surface area contributed by atoms with Crippen LogP contribution in [0.15, 0.2) is 28.8 Å². The Morgan fingerprint density at radius 3 is 2.80 bits per heavy atom. The Hall–Kier alpha value is -2.21. The summed E-state index contributed by atoms with van der Waals surface area (Å²) >= 11 is 0. The van der Waals surface area contributed by atoms with Gasteiger partial charge in [0, 0.05) is 6.54 Å². The molecular formula is C14H16N4O2. The predicted molar refractivity (Wildman–Crippen MR) is 73.8 cm³/mol. The van der Waals surface area contributed by atoms with Gasteiger partial charge in [0.2, 0.25) is 5.91 Å². The number of para-hydroxylation sites is 1. The second-order valence-corrected chi connectivity index (χ2v) is 5.13. The molecule has 0 unspecified atom stereocenters. The second-order valence-electron chi connectivity index (χ2n) is 5.13. The van der Waals surface area contributed by atoms with Crippen molar-refractivity contribution in [2.75, 3.05) is 11.9 Å². The Kier molecular flexibility index (Phi) is 3.02. The summed E-state index contributed by atoms with van der Waals surface area (Å²) in [5, 5.41) is 6.70. The Labute approximate surface area is 116 Å². The highest BCUT2D eigenvalue weighted by Crippen LogP contribution is 2.45. The number of amides is 1. The largest absolute Gasteiger partial charge is 0.334 e. The molecule has 20 heavy (non-hydrogen) atoms. The lowest BCUT2D eigenvalue weighted by molar-refractivity contribution is -0.120. The highest BCUT2D eigenvalue weighted by molar-refractivity contribution is 5.99. The average molecular weight is 272 g/mol. The van der Waals surface area contributed by atoms with Crippen LogP contribution in [0.4, 0.5) is 5.69 Å². The highest BCUT2D eigenvalue weighted by Gasteiger charge is 2.48. The molecule has 6 heteroatoms. The molecule has 0 radical (unpaired) electrons. The van der Waals surface area contributed by atoms with Crippen molar-refractivity contribution < 1.29 is 9.32 Å². The zero-order chi connectivity index (χ0) is 14.2. The van der Waals surface area contributed by atoms with E-state index in [4.69, 9.17) is 10.3 Å². The number of rotatable bonds is 4. The van der Waals surface area contributed by atoms with Crippen molar-refractivity contribution in [1.29, 1.82) is 0 Å². The number of aromatic nitrogens is 2. The van der Waals surface area contributed by atoms with Crippen LogP contribution in [0.1, 0.15) is 18.7 Å². The van der Waals surface area contributed by atoms with E-state index in [1.807, 2.05) is 24.3 Å². The average Bonchev–Trinajstić information content (AvgIpc) is 3.15. The summed E-state index contributed by atoms with van der Waals surface area (Å²) in [6.45, 7) is 2.13. The smallest absolute Gasteiger partial charge is 0.260 e. The molecule has 0 spiro atoms. The first kappa shape index (κ1) is 12.8. The van der Waals surface area contributed by atoms with Crippen LogP contribution in [-0.4, -0.2) is 22.6 Å². The first-order chi connectivity index (χ1) is 9.64. The molecule has 1 aromatic carbocycles. The molecule has 104 valence electrons. The minimum atomic E-state index is -0.391. The van der Waals surface area contributed by atoms with Crippen molar-refractivity contribution in [2.24, 2.45) is 11.1 Å². The lowest BCUT2D eigenvalue weighted by Gasteiger charge is -2.14. The molecule has 2 aromatic rings. The van der Waals surface area contributed by atoms with Crippen LogP contribution in [0.5, 0.6) is 0 Å². The van der Waals surface area contributed by atoms with Crippen LogP contribution >= 0.6 is 0 Å². The molecule has 1 fully saturated rings. The predicted octanol–water partition coefficient (Wildman–Crippen LogP) is 1.72. The lowest BCUT2D eigenvalue weighted by Crippen LogP contribution is -2.31. The van der Waals surface area contributed by atoms with E-state index in [-0.39, 0.29) is 5.91 Å². The van der Waals surface area contributed by atoms with E-state index in [9.17, 15) is 4.79 Å². The van der Waals surface area contributed by atoms with Gasteiger partial charge in [-0.25, -0.2) is 0 Å². The van der Waals surface area contributed by atoms with Gasteiger partial charge in [-0.2, -0.15) is 4.98 Å². The van der Waals surface area contributed by atoms with E-state index in [0.717, 1.165) is 12.8 Å². The topological polar surface area (TPSA) is 94.0 Å². The van der Waals surface area contributed by atoms with Gasteiger partial charge in [-0.3, -0.25) is 4.79 Å². The minimum Gasteiger partial charge on any atom is -0.334 e. The molecule has 6 nitrogen and oxygen atoms in total. The van der Waals surface area contributed by atoms with Crippen LogP contribution in [0, 0.1) is 12.3 Å². The molecule has 3 rings (SSSR count). The monoisotopic (exact) mass is 272 g/mol. The number of anilines is 1. The normalized spacial score (nSPS) is 15.9. The lowest BCUT2D eigenvalue weighted by atomic mass is 10.1. The van der Waals surface area contributed by atoms with Crippen LogP contribution < -0.4 is 11.1 Å². The van der Waals surface area contributed by atoms with E-state index in [2.05, 4.69) is 15.5 Å². The molecule has 1 heterocycles. The first-order valence-electron chi connectivity index (χ1n) is 6.56. The maximum Gasteiger partial charge on any atom is 0.260 e. The maximum absolute atomic E-state index is 12.3. The van der Waals surface area contributed by atoms with E-state index in [0.29, 0.717) is 29.5 Å². The maximum atomic E-state index is 12.3. The molecular weight excluding hydrogens is 256 g/mol. The third-order valence-corrected chi connectivity index (χ3v) is 3.66. The van der Waals surface area contributed by atoms with E-state index in [1.165, 1.54) is 0 Å². The Balaban J connectivity index is 1.89. The number of benzene rings is 1. The van der Waals surface area contributed by atoms with Gasteiger partial charge in [-0.05, 0) is 31.9 Å². The Bertz CT molecular complexity index is 646. The fourth-order valence-corrected chi connectivity index (χ4v) is 2.11. The molecule has 3 N–H and O–H groups in total. The van der Waals surface area contributed by atoms with Gasteiger partial charge in [0.25, 0.3) is 5.89 Å². The zero-order valence-corrected chi connectivity index (χ0v) is 11.2. The van der Waals surface area contributed by atoms with Crippen LogP contribution in [-0.2, 0) is 4.79 Å². The fourth-order valence-electron chi connectivity index (χ4n) is 2.11. The summed E-state index contributed by atoms with van der Waals surface area (Å²) < 4.78 is 5.16. The summed E-state index contributed by atoms with van der Waals surface area (Å²) in [4.78, 5) is 16.5. The molecule has 1 aliphatic rings. The number of carbonyl (C=O) groups excluding carboxylic acids is 1. The third-order valence-electron chi connectivity index (χ3n) is 3.66. The number of nitrogens with one attached hydrogen (secondary N) is 1. The van der Waals surface area contributed by atoms with E-state index >= 15 is 0 Å². The summed E-state index contributed by atoms with van der Waals surface area (Å²) in [6.07, 6.45) is 1.69. The van der Waals surface area contributed by atoms with Gasteiger partial charge in [-0.15, -0.1) is 0 Å². The number of hydrogen-bond donors (Lipinski definition) is 2. The van der Waals surface area contributed by atoms with Gasteiger partial charge < -0.3 is 15.6 Å². The van der Waals surface area contributed by atoms with Gasteiger partial charge >= 0.3 is 0 Å². The van der Waals surface area contributed by atoms with Gasteiger partial charge in [-0.1, -0.05) is 17.3 Å². The van der Waals surface area contributed by atoms with Crippen LogP contribution in [0.25, 0.3) is 11.5 Å². The third kappa shape index (κ3) is 2.18. The number of aryl methyl sites for hydroxylation is 1. The van der Waals surface area contributed by atoms with Crippen molar-refractivity contribution in [2.45, 2.75) is 19.8 Å². The SMILES string of the molecule is Cc1noc(-c2ccccc2NC(=O)C2(CN)CC2)n1. The molecule has 0 saturated heterocycles. The molecule has 1 amide bonds. The summed E-state index contributed by atoms with van der Waals surface area (Å²) in [6, 6.07) is 7.37. The van der Waals surface area contributed by atoms with Crippen molar-refractivity contribution in [3.05, 3.63) is 30.1 Å². The highest BCUT2D eigenvalue weighted by atomic mass is 16.5. The number of nitrogens with zero attached hydrogens (tertiary/aromatic N) is 2. The second kappa shape index (κ2) is 4.72. The molecule has 0 aliphatic heterocycles. The molecule has 1 aliphatic carbocycles. The van der Waals surface area contributed by atoms with Crippen molar-refractivity contribution in [3.8, 4) is 11.5 Å². The molecule has 0 atom stereocenters. The Morgan fingerprint density at radius 2 is 2.20 bits per heavy atom. The first-order valence-corrected chi connectivity index (χ1v) is 6.56. The molecule has 1 saturated carbocycles. The van der Waals surface area contributed by atoms with E-state index < -0.39 is 5.41 Å². The van der Waals surface area contributed by atoms with Gasteiger partial charge in [0.15, 0.2) is 5.82 Å². The van der Waals surface area contributed by atoms with E-state index in [1.54, 1.807) is 6.92 Å². The Morgan fingerprint density at radius 1 is 1.45 bits per heavy atom. The van der Waals surface area contributed by atoms with Crippen LogP contribution in [0.2, 0.25) is 0 Å².